The van der Waals surface area contributed by atoms with Gasteiger partial charge >= 0.3 is 5.97 Å². The minimum atomic E-state index is -0.770. The SMILES string of the molecule is C=CCCCCCC(Cc1ccc(F)cc1)C(=O)O. The van der Waals surface area contributed by atoms with Crippen LogP contribution in [0.25, 0.3) is 0 Å². The maximum atomic E-state index is 12.8. The molecule has 19 heavy (non-hydrogen) atoms. The molecule has 0 amide bonds. The summed E-state index contributed by atoms with van der Waals surface area (Å²) in [6.45, 7) is 3.66. The molecular formula is C16H21FO2. The topological polar surface area (TPSA) is 37.3 Å². The van der Waals surface area contributed by atoms with E-state index in [0.717, 1.165) is 31.2 Å². The van der Waals surface area contributed by atoms with Gasteiger partial charge in [0.1, 0.15) is 5.82 Å². The molecule has 0 aliphatic rings. The second-order valence-electron chi connectivity index (χ2n) is 4.79. The van der Waals surface area contributed by atoms with Crippen molar-refractivity contribution in [3.63, 3.8) is 0 Å². The van der Waals surface area contributed by atoms with Gasteiger partial charge < -0.3 is 5.11 Å². The average Bonchev–Trinajstić information content (AvgIpc) is 2.39. The summed E-state index contributed by atoms with van der Waals surface area (Å²) in [5.74, 6) is -1.44. The Kier molecular flexibility index (Phi) is 6.86. The first kappa shape index (κ1) is 15.4. The molecule has 0 aliphatic heterocycles. The zero-order chi connectivity index (χ0) is 14.1. The lowest BCUT2D eigenvalue weighted by Gasteiger charge is -2.12. The minimum absolute atomic E-state index is 0.292. The Labute approximate surface area is 114 Å². The van der Waals surface area contributed by atoms with E-state index in [9.17, 15) is 14.3 Å². The first-order valence-electron chi connectivity index (χ1n) is 6.71. The van der Waals surface area contributed by atoms with Gasteiger partial charge in [0.2, 0.25) is 0 Å². The number of allylic oxidation sites excluding steroid dienone is 1. The summed E-state index contributed by atoms with van der Waals surface area (Å²) >= 11 is 0. The first-order valence-corrected chi connectivity index (χ1v) is 6.71. The van der Waals surface area contributed by atoms with Crippen molar-refractivity contribution in [3.05, 3.63) is 48.3 Å². The lowest BCUT2D eigenvalue weighted by Crippen LogP contribution is -2.16. The van der Waals surface area contributed by atoms with Gasteiger partial charge in [-0.1, -0.05) is 31.1 Å². The molecule has 0 aliphatic carbocycles. The highest BCUT2D eigenvalue weighted by atomic mass is 19.1. The summed E-state index contributed by atoms with van der Waals surface area (Å²) in [4.78, 5) is 11.2. The van der Waals surface area contributed by atoms with E-state index in [0.29, 0.717) is 12.8 Å². The molecule has 1 unspecified atom stereocenters. The Hall–Kier alpha value is -1.64. The van der Waals surface area contributed by atoms with E-state index in [1.807, 2.05) is 6.08 Å². The zero-order valence-electron chi connectivity index (χ0n) is 11.1. The number of aliphatic carboxylic acids is 1. The Morgan fingerprint density at radius 1 is 1.26 bits per heavy atom. The fraction of sp³-hybridized carbons (Fsp3) is 0.438. The summed E-state index contributed by atoms with van der Waals surface area (Å²) in [6, 6.07) is 6.06. The molecule has 1 rings (SSSR count). The number of unbranched alkanes of at least 4 members (excludes halogenated alkanes) is 3. The van der Waals surface area contributed by atoms with Gasteiger partial charge in [0.15, 0.2) is 0 Å². The molecule has 0 radical (unpaired) electrons. The lowest BCUT2D eigenvalue weighted by molar-refractivity contribution is -0.142. The molecule has 1 atom stereocenters. The molecule has 0 saturated heterocycles. The van der Waals surface area contributed by atoms with Crippen LogP contribution in [0.2, 0.25) is 0 Å². The van der Waals surface area contributed by atoms with Crippen LogP contribution in [-0.2, 0) is 11.2 Å². The van der Waals surface area contributed by atoms with Crippen LogP contribution in [0.1, 0.15) is 37.7 Å². The monoisotopic (exact) mass is 264 g/mol. The maximum absolute atomic E-state index is 12.8. The molecule has 0 fully saturated rings. The molecule has 0 spiro atoms. The highest BCUT2D eigenvalue weighted by Crippen LogP contribution is 2.17. The number of rotatable bonds is 9. The fourth-order valence-corrected chi connectivity index (χ4v) is 2.07. The van der Waals surface area contributed by atoms with Crippen molar-refractivity contribution in [2.24, 2.45) is 5.92 Å². The highest BCUT2D eigenvalue weighted by Gasteiger charge is 2.17. The predicted molar refractivity (Wildman–Crippen MR) is 74.5 cm³/mol. The lowest BCUT2D eigenvalue weighted by atomic mass is 9.93. The zero-order valence-corrected chi connectivity index (χ0v) is 11.1. The van der Waals surface area contributed by atoms with E-state index in [4.69, 9.17) is 0 Å². The molecule has 0 heterocycles. The van der Waals surface area contributed by atoms with Crippen LogP contribution < -0.4 is 0 Å². The van der Waals surface area contributed by atoms with Crippen LogP contribution >= 0.6 is 0 Å². The van der Waals surface area contributed by atoms with E-state index in [1.165, 1.54) is 12.1 Å². The van der Waals surface area contributed by atoms with Crippen molar-refractivity contribution < 1.29 is 14.3 Å². The number of benzene rings is 1. The number of carboxylic acid groups (broad SMARTS) is 1. The van der Waals surface area contributed by atoms with E-state index in [1.54, 1.807) is 12.1 Å². The van der Waals surface area contributed by atoms with Crippen molar-refractivity contribution in [2.45, 2.75) is 38.5 Å². The molecule has 1 aromatic carbocycles. The molecule has 3 heteroatoms. The third kappa shape index (κ3) is 6.18. The number of carbonyl (C=O) groups is 1. The second-order valence-corrected chi connectivity index (χ2v) is 4.79. The van der Waals surface area contributed by atoms with Crippen LogP contribution in [0.3, 0.4) is 0 Å². The smallest absolute Gasteiger partial charge is 0.306 e. The van der Waals surface area contributed by atoms with Gasteiger partial charge in [0.05, 0.1) is 5.92 Å². The van der Waals surface area contributed by atoms with Crippen LogP contribution in [0, 0.1) is 11.7 Å². The normalized spacial score (nSPS) is 12.1. The van der Waals surface area contributed by atoms with Gasteiger partial charge in [0, 0.05) is 0 Å². The summed E-state index contributed by atoms with van der Waals surface area (Å²) in [5, 5.41) is 9.20. The van der Waals surface area contributed by atoms with Crippen LogP contribution in [0.5, 0.6) is 0 Å². The van der Waals surface area contributed by atoms with Crippen LogP contribution in [0.4, 0.5) is 4.39 Å². The van der Waals surface area contributed by atoms with Crippen molar-refractivity contribution >= 4 is 5.97 Å². The third-order valence-electron chi connectivity index (χ3n) is 3.21. The Balaban J connectivity index is 2.42. The average molecular weight is 264 g/mol. The second kappa shape index (κ2) is 8.46. The Bertz CT molecular complexity index is 398. The summed E-state index contributed by atoms with van der Waals surface area (Å²) in [5.41, 5.74) is 0.875. The number of hydrogen-bond donors (Lipinski definition) is 1. The van der Waals surface area contributed by atoms with Gasteiger partial charge in [0.25, 0.3) is 0 Å². The number of carboxylic acids is 1. The molecule has 0 saturated carbocycles. The molecule has 1 aromatic rings. The fourth-order valence-electron chi connectivity index (χ4n) is 2.07. The summed E-state index contributed by atoms with van der Waals surface area (Å²) < 4.78 is 12.8. The third-order valence-corrected chi connectivity index (χ3v) is 3.21. The first-order chi connectivity index (χ1) is 9.13. The van der Waals surface area contributed by atoms with Crippen molar-refractivity contribution in [1.29, 1.82) is 0 Å². The van der Waals surface area contributed by atoms with Crippen molar-refractivity contribution in [2.75, 3.05) is 0 Å². The van der Waals surface area contributed by atoms with Gasteiger partial charge in [-0.25, -0.2) is 4.39 Å². The number of halogens is 1. The molecule has 0 aromatic heterocycles. The van der Waals surface area contributed by atoms with Crippen LogP contribution in [-0.4, -0.2) is 11.1 Å². The van der Waals surface area contributed by atoms with E-state index >= 15 is 0 Å². The predicted octanol–water partition coefficient (Wildman–Crippen LogP) is 4.21. The van der Waals surface area contributed by atoms with Crippen molar-refractivity contribution in [1.82, 2.24) is 0 Å². The Morgan fingerprint density at radius 3 is 2.53 bits per heavy atom. The largest absolute Gasteiger partial charge is 0.481 e. The van der Waals surface area contributed by atoms with E-state index in [-0.39, 0.29) is 11.7 Å². The maximum Gasteiger partial charge on any atom is 0.306 e. The minimum Gasteiger partial charge on any atom is -0.481 e. The van der Waals surface area contributed by atoms with Gasteiger partial charge in [-0.3, -0.25) is 4.79 Å². The Morgan fingerprint density at radius 2 is 1.95 bits per heavy atom. The highest BCUT2D eigenvalue weighted by molar-refractivity contribution is 5.70. The molecule has 104 valence electrons. The van der Waals surface area contributed by atoms with Crippen LogP contribution in [0.15, 0.2) is 36.9 Å². The van der Waals surface area contributed by atoms with E-state index < -0.39 is 5.97 Å². The van der Waals surface area contributed by atoms with Gasteiger partial charge in [-0.2, -0.15) is 0 Å². The molecule has 1 N–H and O–H groups in total. The van der Waals surface area contributed by atoms with Gasteiger partial charge in [-0.15, -0.1) is 6.58 Å². The van der Waals surface area contributed by atoms with Crippen molar-refractivity contribution in [3.8, 4) is 0 Å². The molecular weight excluding hydrogens is 243 g/mol. The van der Waals surface area contributed by atoms with Gasteiger partial charge in [-0.05, 0) is 43.4 Å². The molecule has 0 bridgehead atoms. The standard InChI is InChI=1S/C16H21FO2/c1-2-3-4-5-6-7-14(16(18)19)12-13-8-10-15(17)11-9-13/h2,8-11,14H,1,3-7,12H2,(H,18,19). The molecule has 2 nitrogen and oxygen atoms in total. The summed E-state index contributed by atoms with van der Waals surface area (Å²) in [7, 11) is 0. The number of hydrogen-bond acceptors (Lipinski definition) is 1. The quantitative estimate of drug-likeness (QED) is 0.536. The summed E-state index contributed by atoms with van der Waals surface area (Å²) in [6.07, 6.45) is 7.00. The van der Waals surface area contributed by atoms with E-state index in [2.05, 4.69) is 6.58 Å².